The van der Waals surface area contributed by atoms with Crippen LogP contribution in [0.1, 0.15) is 28.8 Å². The van der Waals surface area contributed by atoms with Gasteiger partial charge in [0, 0.05) is 32.0 Å². The summed E-state index contributed by atoms with van der Waals surface area (Å²) >= 11 is 0. The van der Waals surface area contributed by atoms with Crippen LogP contribution in [0.3, 0.4) is 0 Å². The van der Waals surface area contributed by atoms with E-state index >= 15 is 0 Å². The SMILES string of the molecule is CCc1cc(CC(=O)c2cn(CCN)cn2)n(C)n1. The van der Waals surface area contributed by atoms with Crippen LogP contribution < -0.4 is 5.73 Å². The summed E-state index contributed by atoms with van der Waals surface area (Å²) in [7, 11) is 1.86. The number of hydrogen-bond donors (Lipinski definition) is 1. The molecule has 0 saturated heterocycles. The highest BCUT2D eigenvalue weighted by atomic mass is 16.1. The van der Waals surface area contributed by atoms with Crippen LogP contribution in [0.15, 0.2) is 18.6 Å². The van der Waals surface area contributed by atoms with E-state index in [1.165, 1.54) is 0 Å². The molecule has 0 aliphatic carbocycles. The van der Waals surface area contributed by atoms with Crippen molar-refractivity contribution in [2.75, 3.05) is 6.54 Å². The number of ketones is 1. The molecule has 2 heterocycles. The van der Waals surface area contributed by atoms with Gasteiger partial charge in [-0.05, 0) is 12.5 Å². The molecule has 2 aromatic heterocycles. The van der Waals surface area contributed by atoms with Crippen molar-refractivity contribution >= 4 is 5.78 Å². The Morgan fingerprint density at radius 2 is 2.26 bits per heavy atom. The number of carbonyl (C=O) groups is 1. The Balaban J connectivity index is 2.08. The van der Waals surface area contributed by atoms with Crippen molar-refractivity contribution in [1.82, 2.24) is 19.3 Å². The van der Waals surface area contributed by atoms with Gasteiger partial charge in [-0.3, -0.25) is 9.48 Å². The molecule has 0 amide bonds. The lowest BCUT2D eigenvalue weighted by atomic mass is 10.1. The topological polar surface area (TPSA) is 78.7 Å². The van der Waals surface area contributed by atoms with Gasteiger partial charge in [-0.1, -0.05) is 6.92 Å². The first kappa shape index (κ1) is 13.5. The number of hydrogen-bond acceptors (Lipinski definition) is 4. The monoisotopic (exact) mass is 261 g/mol. The summed E-state index contributed by atoms with van der Waals surface area (Å²) in [5.41, 5.74) is 7.85. The number of nitrogens with two attached hydrogens (primary N) is 1. The maximum Gasteiger partial charge on any atom is 0.188 e. The molecule has 0 aromatic carbocycles. The average molecular weight is 261 g/mol. The van der Waals surface area contributed by atoms with Crippen LogP contribution in [0.25, 0.3) is 0 Å². The standard InChI is InChI=1S/C13H19N5O/c1-3-10-6-11(17(2)16-10)7-13(19)12-8-18(5-4-14)9-15-12/h6,8-9H,3-5,7,14H2,1-2H3. The Bertz CT molecular complexity index is 569. The number of aromatic nitrogens is 4. The lowest BCUT2D eigenvalue weighted by Gasteiger charge is -1.99. The van der Waals surface area contributed by atoms with E-state index in [-0.39, 0.29) is 5.78 Å². The van der Waals surface area contributed by atoms with Crippen molar-refractivity contribution in [2.45, 2.75) is 26.3 Å². The molecule has 0 saturated carbocycles. The predicted octanol–water partition coefficient (Wildman–Crippen LogP) is 0.563. The number of Topliss-reactive ketones (excluding diaryl/α,β-unsaturated/α-hetero) is 1. The minimum absolute atomic E-state index is 0.00132. The van der Waals surface area contributed by atoms with Crippen molar-refractivity contribution in [2.24, 2.45) is 12.8 Å². The molecule has 6 nitrogen and oxygen atoms in total. The Kier molecular flexibility index (Phi) is 4.11. The molecule has 0 aliphatic heterocycles. The van der Waals surface area contributed by atoms with Gasteiger partial charge in [0.05, 0.1) is 18.4 Å². The molecule has 0 spiro atoms. The van der Waals surface area contributed by atoms with Crippen LogP contribution in [0.5, 0.6) is 0 Å². The molecule has 6 heteroatoms. The summed E-state index contributed by atoms with van der Waals surface area (Å²) in [4.78, 5) is 16.2. The van der Waals surface area contributed by atoms with E-state index in [0.717, 1.165) is 17.8 Å². The van der Waals surface area contributed by atoms with Crippen LogP contribution >= 0.6 is 0 Å². The summed E-state index contributed by atoms with van der Waals surface area (Å²) in [6.45, 7) is 3.25. The van der Waals surface area contributed by atoms with Gasteiger partial charge >= 0.3 is 0 Å². The second kappa shape index (κ2) is 5.79. The van der Waals surface area contributed by atoms with E-state index in [1.54, 1.807) is 17.2 Å². The Morgan fingerprint density at radius 1 is 1.47 bits per heavy atom. The van der Waals surface area contributed by atoms with Crippen molar-refractivity contribution in [3.63, 3.8) is 0 Å². The average Bonchev–Trinajstić information content (AvgIpc) is 2.98. The molecule has 0 atom stereocenters. The largest absolute Gasteiger partial charge is 0.335 e. The number of nitrogens with zero attached hydrogens (tertiary/aromatic N) is 4. The van der Waals surface area contributed by atoms with Gasteiger partial charge in [-0.2, -0.15) is 5.10 Å². The fourth-order valence-corrected chi connectivity index (χ4v) is 1.94. The highest BCUT2D eigenvalue weighted by molar-refractivity contribution is 5.95. The van der Waals surface area contributed by atoms with Crippen LogP contribution in [0.4, 0.5) is 0 Å². The zero-order valence-electron chi connectivity index (χ0n) is 11.3. The predicted molar refractivity (Wildman–Crippen MR) is 71.9 cm³/mol. The Hall–Kier alpha value is -1.95. The van der Waals surface area contributed by atoms with E-state index in [0.29, 0.717) is 25.2 Å². The molecular formula is C13H19N5O. The van der Waals surface area contributed by atoms with Crippen LogP contribution in [-0.4, -0.2) is 31.7 Å². The van der Waals surface area contributed by atoms with Crippen molar-refractivity contribution < 1.29 is 4.79 Å². The zero-order valence-corrected chi connectivity index (χ0v) is 11.3. The Morgan fingerprint density at radius 3 is 2.89 bits per heavy atom. The number of imidazole rings is 1. The first-order valence-corrected chi connectivity index (χ1v) is 6.41. The van der Waals surface area contributed by atoms with Crippen LogP contribution in [0, 0.1) is 0 Å². The summed E-state index contributed by atoms with van der Waals surface area (Å²) in [5.74, 6) is 0.00132. The van der Waals surface area contributed by atoms with Crippen molar-refractivity contribution in [3.8, 4) is 0 Å². The molecule has 0 radical (unpaired) electrons. The number of carbonyl (C=O) groups excluding carboxylic acids is 1. The molecule has 0 bridgehead atoms. The summed E-state index contributed by atoms with van der Waals surface area (Å²) in [5, 5.41) is 4.33. The van der Waals surface area contributed by atoms with Gasteiger partial charge in [0.15, 0.2) is 5.78 Å². The zero-order chi connectivity index (χ0) is 13.8. The second-order valence-electron chi connectivity index (χ2n) is 4.49. The quantitative estimate of drug-likeness (QED) is 0.771. The second-order valence-corrected chi connectivity index (χ2v) is 4.49. The van der Waals surface area contributed by atoms with Gasteiger partial charge < -0.3 is 10.3 Å². The first-order chi connectivity index (χ1) is 9.13. The third kappa shape index (κ3) is 3.08. The maximum atomic E-state index is 12.1. The molecule has 2 N–H and O–H groups in total. The minimum Gasteiger partial charge on any atom is -0.335 e. The fourth-order valence-electron chi connectivity index (χ4n) is 1.94. The van der Waals surface area contributed by atoms with Gasteiger partial charge in [0.1, 0.15) is 5.69 Å². The third-order valence-electron chi connectivity index (χ3n) is 3.04. The lowest BCUT2D eigenvalue weighted by molar-refractivity contribution is 0.0986. The van der Waals surface area contributed by atoms with E-state index < -0.39 is 0 Å². The molecule has 2 aromatic rings. The van der Waals surface area contributed by atoms with Crippen LogP contribution in [-0.2, 0) is 26.4 Å². The van der Waals surface area contributed by atoms with E-state index in [1.807, 2.05) is 24.6 Å². The highest BCUT2D eigenvalue weighted by Crippen LogP contribution is 2.08. The van der Waals surface area contributed by atoms with Crippen molar-refractivity contribution in [1.29, 1.82) is 0 Å². The van der Waals surface area contributed by atoms with Crippen LogP contribution in [0.2, 0.25) is 0 Å². The van der Waals surface area contributed by atoms with Gasteiger partial charge in [-0.25, -0.2) is 4.98 Å². The molecular weight excluding hydrogens is 242 g/mol. The number of aryl methyl sites for hydroxylation is 2. The summed E-state index contributed by atoms with van der Waals surface area (Å²) < 4.78 is 3.58. The smallest absolute Gasteiger partial charge is 0.188 e. The minimum atomic E-state index is 0.00132. The lowest BCUT2D eigenvalue weighted by Crippen LogP contribution is -2.09. The van der Waals surface area contributed by atoms with E-state index in [2.05, 4.69) is 10.1 Å². The summed E-state index contributed by atoms with van der Waals surface area (Å²) in [6.07, 6.45) is 4.57. The molecule has 19 heavy (non-hydrogen) atoms. The molecule has 0 fully saturated rings. The van der Waals surface area contributed by atoms with Gasteiger partial charge in [-0.15, -0.1) is 0 Å². The Labute approximate surface area is 112 Å². The molecule has 0 aliphatic rings. The molecule has 0 unspecified atom stereocenters. The fraction of sp³-hybridized carbons (Fsp3) is 0.462. The normalized spacial score (nSPS) is 10.9. The maximum absolute atomic E-state index is 12.1. The van der Waals surface area contributed by atoms with Gasteiger partial charge in [0.2, 0.25) is 0 Å². The third-order valence-corrected chi connectivity index (χ3v) is 3.04. The van der Waals surface area contributed by atoms with E-state index in [9.17, 15) is 4.79 Å². The van der Waals surface area contributed by atoms with Gasteiger partial charge in [0.25, 0.3) is 0 Å². The van der Waals surface area contributed by atoms with Crippen molar-refractivity contribution in [3.05, 3.63) is 35.7 Å². The van der Waals surface area contributed by atoms with E-state index in [4.69, 9.17) is 5.73 Å². The number of rotatable bonds is 6. The molecule has 102 valence electrons. The summed E-state index contributed by atoms with van der Waals surface area (Å²) in [6, 6.07) is 1.97. The highest BCUT2D eigenvalue weighted by Gasteiger charge is 2.13. The molecule has 2 rings (SSSR count). The first-order valence-electron chi connectivity index (χ1n) is 6.41.